The summed E-state index contributed by atoms with van der Waals surface area (Å²) in [4.78, 5) is 2.17. The van der Waals surface area contributed by atoms with E-state index in [4.69, 9.17) is 0 Å². The zero-order valence-electron chi connectivity index (χ0n) is 8.26. The highest BCUT2D eigenvalue weighted by Gasteiger charge is 2.32. The second-order valence-electron chi connectivity index (χ2n) is 4.15. The predicted molar refractivity (Wildman–Crippen MR) is 54.1 cm³/mol. The van der Waals surface area contributed by atoms with Crippen LogP contribution in [0, 0.1) is 11.6 Å². The molecule has 3 rings (SSSR count). The molecule has 0 radical (unpaired) electrons. The summed E-state index contributed by atoms with van der Waals surface area (Å²) in [6.07, 6.45) is 0.819. The van der Waals surface area contributed by atoms with Gasteiger partial charge in [0.2, 0.25) is 0 Å². The molecule has 2 aliphatic rings. The van der Waals surface area contributed by atoms with Crippen LogP contribution in [0.5, 0.6) is 0 Å². The summed E-state index contributed by atoms with van der Waals surface area (Å²) in [5.74, 6) is -1.48. The summed E-state index contributed by atoms with van der Waals surface area (Å²) < 4.78 is 26.2. The molecule has 1 aromatic carbocycles. The predicted octanol–water partition coefficient (Wildman–Crippen LogP) is 1.30. The molecule has 0 unspecified atom stereocenters. The van der Waals surface area contributed by atoms with Gasteiger partial charge in [-0.05, 0) is 18.1 Å². The van der Waals surface area contributed by atoms with E-state index in [2.05, 4.69) is 10.2 Å². The van der Waals surface area contributed by atoms with Gasteiger partial charge < -0.3 is 10.2 Å². The number of nitrogens with one attached hydrogen (secondary N) is 1. The van der Waals surface area contributed by atoms with Gasteiger partial charge in [0.1, 0.15) is 0 Å². The van der Waals surface area contributed by atoms with E-state index in [9.17, 15) is 8.78 Å². The Bertz CT molecular complexity index is 406. The molecule has 2 heterocycles. The van der Waals surface area contributed by atoms with Crippen molar-refractivity contribution < 1.29 is 8.78 Å². The van der Waals surface area contributed by atoms with Gasteiger partial charge >= 0.3 is 0 Å². The molecular weight excluding hydrogens is 198 g/mol. The second-order valence-corrected chi connectivity index (χ2v) is 4.15. The number of fused-ring (bicyclic) bond motifs is 3. The Hall–Kier alpha value is -1.16. The van der Waals surface area contributed by atoms with Crippen molar-refractivity contribution in [1.82, 2.24) is 5.32 Å². The maximum atomic E-state index is 13.1. The molecule has 1 fully saturated rings. The minimum absolute atomic E-state index is 0.370. The lowest BCUT2D eigenvalue weighted by molar-refractivity contribution is 0.494. The van der Waals surface area contributed by atoms with Gasteiger partial charge in [-0.3, -0.25) is 0 Å². The molecule has 2 aliphatic heterocycles. The van der Waals surface area contributed by atoms with Crippen LogP contribution < -0.4 is 10.2 Å². The van der Waals surface area contributed by atoms with Crippen LogP contribution in [0.25, 0.3) is 0 Å². The third-order valence-electron chi connectivity index (χ3n) is 3.24. The molecule has 1 atom stereocenters. The minimum Gasteiger partial charge on any atom is -0.365 e. The highest BCUT2D eigenvalue weighted by molar-refractivity contribution is 5.60. The van der Waals surface area contributed by atoms with Gasteiger partial charge in [0.05, 0.1) is 0 Å². The maximum absolute atomic E-state index is 13.1. The molecule has 0 amide bonds. The number of nitrogens with zero attached hydrogens (tertiary/aromatic N) is 1. The summed E-state index contributed by atoms with van der Waals surface area (Å²) >= 11 is 0. The SMILES string of the molecule is Fc1cc2c(cc1F)N1CCNC[C@@H]1C2. The van der Waals surface area contributed by atoms with Crippen molar-refractivity contribution in [3.63, 3.8) is 0 Å². The average Bonchev–Trinajstić information content (AvgIpc) is 2.57. The third kappa shape index (κ3) is 1.32. The van der Waals surface area contributed by atoms with E-state index in [1.54, 1.807) is 0 Å². The van der Waals surface area contributed by atoms with Gasteiger partial charge in [-0.25, -0.2) is 8.78 Å². The molecule has 0 aliphatic carbocycles. The fraction of sp³-hybridized carbons (Fsp3) is 0.455. The Labute approximate surface area is 86.9 Å². The highest BCUT2D eigenvalue weighted by Crippen LogP contribution is 2.34. The molecule has 1 aromatic rings. The minimum atomic E-state index is -0.743. The van der Waals surface area contributed by atoms with E-state index >= 15 is 0 Å². The highest BCUT2D eigenvalue weighted by atomic mass is 19.2. The van der Waals surface area contributed by atoms with Crippen molar-refractivity contribution in [3.8, 4) is 0 Å². The first-order chi connectivity index (χ1) is 7.25. The molecule has 1 saturated heterocycles. The number of hydrogen-bond acceptors (Lipinski definition) is 2. The standard InChI is InChI=1S/C11H12F2N2/c12-9-4-7-3-8-6-14-1-2-15(8)11(7)5-10(9)13/h4-5,8,14H,1-3,6H2/t8-/m0/s1. The Kier molecular flexibility index (Phi) is 1.92. The molecule has 0 aromatic heterocycles. The van der Waals surface area contributed by atoms with Crippen LogP contribution in [-0.2, 0) is 6.42 Å². The number of halogens is 2. The van der Waals surface area contributed by atoms with Gasteiger partial charge in [-0.2, -0.15) is 0 Å². The molecule has 2 nitrogen and oxygen atoms in total. The van der Waals surface area contributed by atoms with Crippen LogP contribution in [-0.4, -0.2) is 25.7 Å². The van der Waals surface area contributed by atoms with Crippen LogP contribution in [0.3, 0.4) is 0 Å². The summed E-state index contributed by atoms with van der Waals surface area (Å²) in [6, 6.07) is 3.04. The number of rotatable bonds is 0. The topological polar surface area (TPSA) is 15.3 Å². The van der Waals surface area contributed by atoms with Gasteiger partial charge in [0, 0.05) is 37.4 Å². The number of hydrogen-bond donors (Lipinski definition) is 1. The van der Waals surface area contributed by atoms with E-state index in [0.717, 1.165) is 37.3 Å². The first-order valence-electron chi connectivity index (χ1n) is 5.21. The van der Waals surface area contributed by atoms with Crippen molar-refractivity contribution in [3.05, 3.63) is 29.3 Å². The van der Waals surface area contributed by atoms with Crippen molar-refractivity contribution in [2.75, 3.05) is 24.5 Å². The van der Waals surface area contributed by atoms with Crippen LogP contribution in [0.2, 0.25) is 0 Å². The third-order valence-corrected chi connectivity index (χ3v) is 3.24. The fourth-order valence-electron chi connectivity index (χ4n) is 2.52. The van der Waals surface area contributed by atoms with E-state index in [0.29, 0.717) is 6.04 Å². The summed E-state index contributed by atoms with van der Waals surface area (Å²) in [5, 5.41) is 3.29. The Balaban J connectivity index is 2.04. The Morgan fingerprint density at radius 3 is 2.93 bits per heavy atom. The molecule has 0 bridgehead atoms. The van der Waals surface area contributed by atoms with E-state index in [-0.39, 0.29) is 0 Å². The zero-order valence-corrected chi connectivity index (χ0v) is 8.26. The number of anilines is 1. The van der Waals surface area contributed by atoms with Gasteiger partial charge in [-0.1, -0.05) is 0 Å². The molecule has 0 saturated carbocycles. The lowest BCUT2D eigenvalue weighted by atomic mass is 10.1. The molecule has 80 valence electrons. The molecular formula is C11H12F2N2. The van der Waals surface area contributed by atoms with E-state index in [1.807, 2.05) is 0 Å². The number of piperazine rings is 1. The normalized spacial score (nSPS) is 23.9. The largest absolute Gasteiger partial charge is 0.365 e. The van der Waals surface area contributed by atoms with E-state index in [1.165, 1.54) is 12.1 Å². The molecule has 1 N–H and O–H groups in total. The van der Waals surface area contributed by atoms with Gasteiger partial charge in [0.25, 0.3) is 0 Å². The van der Waals surface area contributed by atoms with Crippen LogP contribution in [0.4, 0.5) is 14.5 Å². The quantitative estimate of drug-likeness (QED) is 0.694. The lowest BCUT2D eigenvalue weighted by Crippen LogP contribution is -2.49. The van der Waals surface area contributed by atoms with E-state index < -0.39 is 11.6 Å². The molecule has 15 heavy (non-hydrogen) atoms. The summed E-state index contributed by atoms with van der Waals surface area (Å²) in [7, 11) is 0. The Morgan fingerprint density at radius 2 is 2.07 bits per heavy atom. The summed E-state index contributed by atoms with van der Waals surface area (Å²) in [5.41, 5.74) is 1.81. The van der Waals surface area contributed by atoms with Gasteiger partial charge in [-0.15, -0.1) is 0 Å². The second kappa shape index (κ2) is 3.17. The van der Waals surface area contributed by atoms with Crippen molar-refractivity contribution in [1.29, 1.82) is 0 Å². The Morgan fingerprint density at radius 1 is 1.27 bits per heavy atom. The number of benzene rings is 1. The smallest absolute Gasteiger partial charge is 0.160 e. The van der Waals surface area contributed by atoms with Crippen molar-refractivity contribution in [2.45, 2.75) is 12.5 Å². The maximum Gasteiger partial charge on any atom is 0.160 e. The first kappa shape index (κ1) is 9.09. The lowest BCUT2D eigenvalue weighted by Gasteiger charge is -2.32. The zero-order chi connectivity index (χ0) is 10.4. The monoisotopic (exact) mass is 210 g/mol. The molecule has 0 spiro atoms. The van der Waals surface area contributed by atoms with Crippen LogP contribution >= 0.6 is 0 Å². The average molecular weight is 210 g/mol. The fourth-order valence-corrected chi connectivity index (χ4v) is 2.52. The molecule has 4 heteroatoms. The summed E-state index contributed by atoms with van der Waals surface area (Å²) in [6.45, 7) is 2.69. The van der Waals surface area contributed by atoms with Gasteiger partial charge in [0.15, 0.2) is 11.6 Å². The van der Waals surface area contributed by atoms with Crippen molar-refractivity contribution >= 4 is 5.69 Å². The van der Waals surface area contributed by atoms with Crippen molar-refractivity contribution in [2.24, 2.45) is 0 Å². The first-order valence-corrected chi connectivity index (χ1v) is 5.21. The van der Waals surface area contributed by atoms with Crippen LogP contribution in [0.15, 0.2) is 12.1 Å². The van der Waals surface area contributed by atoms with Crippen LogP contribution in [0.1, 0.15) is 5.56 Å².